The van der Waals surface area contributed by atoms with Crippen LogP contribution in [0.3, 0.4) is 0 Å². The van der Waals surface area contributed by atoms with Crippen molar-refractivity contribution in [2.75, 3.05) is 38.5 Å². The van der Waals surface area contributed by atoms with Crippen LogP contribution >= 0.6 is 0 Å². The van der Waals surface area contributed by atoms with E-state index in [-0.39, 0.29) is 11.7 Å². The zero-order valence-corrected chi connectivity index (χ0v) is 17.4. The Morgan fingerprint density at radius 2 is 2.11 bits per heavy atom. The molecule has 1 amide bonds. The maximum absolute atomic E-state index is 12.2. The number of hydrogen-bond donors (Lipinski definition) is 2. The van der Waals surface area contributed by atoms with Gasteiger partial charge in [0.15, 0.2) is 21.6 Å². The molecule has 1 aliphatic rings. The van der Waals surface area contributed by atoms with E-state index in [4.69, 9.17) is 4.42 Å². The Kier molecular flexibility index (Phi) is 6.91. The standard InChI is InChI=1S/C18H30N4O4S/c1-5-19-17(22-10-12-27(24,25)18(3,4)13-22)21-9-6-8-20-16(23)15-14(2)7-11-26-15/h7,11H,5-6,8-10,12-13H2,1-4H3,(H,19,21)(H,20,23). The number of guanidine groups is 1. The number of amides is 1. The number of aryl methyl sites for hydroxylation is 1. The lowest BCUT2D eigenvalue weighted by Gasteiger charge is -2.39. The van der Waals surface area contributed by atoms with Gasteiger partial charge in [-0.2, -0.15) is 0 Å². The van der Waals surface area contributed by atoms with Gasteiger partial charge < -0.3 is 20.0 Å². The fourth-order valence-corrected chi connectivity index (χ4v) is 4.27. The highest BCUT2D eigenvalue weighted by Crippen LogP contribution is 2.23. The van der Waals surface area contributed by atoms with Crippen LogP contribution in [0, 0.1) is 6.92 Å². The maximum atomic E-state index is 12.2. The van der Waals surface area contributed by atoms with Crippen LogP contribution in [0.25, 0.3) is 0 Å². The molecular weight excluding hydrogens is 368 g/mol. The van der Waals surface area contributed by atoms with Gasteiger partial charge in [0.05, 0.1) is 16.8 Å². The summed E-state index contributed by atoms with van der Waals surface area (Å²) < 4.78 is 28.7. The number of hydrogen-bond acceptors (Lipinski definition) is 5. The smallest absolute Gasteiger partial charge is 0.287 e. The van der Waals surface area contributed by atoms with Crippen LogP contribution in [0.5, 0.6) is 0 Å². The molecule has 8 nitrogen and oxygen atoms in total. The third-order valence-corrected chi connectivity index (χ3v) is 7.16. The van der Waals surface area contributed by atoms with Gasteiger partial charge in [-0.25, -0.2) is 8.42 Å². The molecule has 2 heterocycles. The van der Waals surface area contributed by atoms with E-state index in [0.717, 1.165) is 5.56 Å². The lowest BCUT2D eigenvalue weighted by molar-refractivity contribution is 0.0925. The van der Waals surface area contributed by atoms with Crippen LogP contribution < -0.4 is 10.6 Å². The molecule has 0 spiro atoms. The van der Waals surface area contributed by atoms with Crippen LogP contribution in [-0.2, 0) is 9.84 Å². The quantitative estimate of drug-likeness (QED) is 0.424. The zero-order valence-electron chi connectivity index (χ0n) is 16.5. The number of carbonyl (C=O) groups is 1. The van der Waals surface area contributed by atoms with Crippen LogP contribution in [-0.4, -0.2) is 68.4 Å². The van der Waals surface area contributed by atoms with Crippen molar-refractivity contribution in [3.8, 4) is 0 Å². The van der Waals surface area contributed by atoms with Gasteiger partial charge in [-0.3, -0.25) is 9.79 Å². The SMILES string of the molecule is CCNC(=NCCCNC(=O)c1occc1C)N1CCS(=O)(=O)C(C)(C)C1. The van der Waals surface area contributed by atoms with E-state index >= 15 is 0 Å². The highest BCUT2D eigenvalue weighted by molar-refractivity contribution is 7.92. The number of rotatable bonds is 6. The van der Waals surface area contributed by atoms with Crippen molar-refractivity contribution in [3.63, 3.8) is 0 Å². The van der Waals surface area contributed by atoms with E-state index in [1.807, 2.05) is 18.7 Å². The number of aliphatic imine (C=N–C) groups is 1. The van der Waals surface area contributed by atoms with Gasteiger partial charge in [-0.15, -0.1) is 0 Å². The highest BCUT2D eigenvalue weighted by atomic mass is 32.2. The first-order chi connectivity index (χ1) is 12.7. The fourth-order valence-electron chi connectivity index (χ4n) is 2.90. The first-order valence-corrected chi connectivity index (χ1v) is 10.9. The van der Waals surface area contributed by atoms with Crippen molar-refractivity contribution in [1.82, 2.24) is 15.5 Å². The molecule has 2 rings (SSSR count). The van der Waals surface area contributed by atoms with Gasteiger partial charge in [0.2, 0.25) is 0 Å². The topological polar surface area (TPSA) is 104 Å². The van der Waals surface area contributed by atoms with E-state index in [2.05, 4.69) is 15.6 Å². The molecule has 1 aliphatic heterocycles. The van der Waals surface area contributed by atoms with E-state index in [1.165, 1.54) is 6.26 Å². The second kappa shape index (κ2) is 8.77. The molecule has 0 unspecified atom stereocenters. The van der Waals surface area contributed by atoms with Crippen LogP contribution in [0.4, 0.5) is 0 Å². The second-order valence-corrected chi connectivity index (χ2v) is 10.0. The second-order valence-electron chi connectivity index (χ2n) is 7.28. The third-order valence-electron chi connectivity index (χ3n) is 4.63. The summed E-state index contributed by atoms with van der Waals surface area (Å²) in [5, 5.41) is 6.05. The number of sulfone groups is 1. The lowest BCUT2D eigenvalue weighted by Crippen LogP contribution is -2.57. The van der Waals surface area contributed by atoms with Crippen LogP contribution in [0.1, 0.15) is 43.3 Å². The lowest BCUT2D eigenvalue weighted by atomic mass is 10.2. The number of nitrogens with one attached hydrogen (secondary N) is 2. The monoisotopic (exact) mass is 398 g/mol. The van der Waals surface area contributed by atoms with Gasteiger partial charge in [-0.05, 0) is 40.2 Å². The molecule has 0 aromatic carbocycles. The van der Waals surface area contributed by atoms with Crippen LogP contribution in [0.15, 0.2) is 21.7 Å². The molecule has 0 aliphatic carbocycles. The number of nitrogens with zero attached hydrogens (tertiary/aromatic N) is 2. The summed E-state index contributed by atoms with van der Waals surface area (Å²) in [5.74, 6) is 0.955. The molecular formula is C18H30N4O4S. The summed E-state index contributed by atoms with van der Waals surface area (Å²) in [4.78, 5) is 18.6. The Labute approximate surface area is 161 Å². The molecule has 9 heteroatoms. The third kappa shape index (κ3) is 5.24. The molecule has 0 bridgehead atoms. The first-order valence-electron chi connectivity index (χ1n) is 9.26. The molecule has 1 aromatic heterocycles. The van der Waals surface area contributed by atoms with Gasteiger partial charge in [0.1, 0.15) is 0 Å². The highest BCUT2D eigenvalue weighted by Gasteiger charge is 2.40. The van der Waals surface area contributed by atoms with Crippen LogP contribution in [0.2, 0.25) is 0 Å². The van der Waals surface area contributed by atoms with Crippen molar-refractivity contribution >= 4 is 21.7 Å². The minimum atomic E-state index is -3.09. The zero-order chi connectivity index (χ0) is 20.1. The Morgan fingerprint density at radius 1 is 1.37 bits per heavy atom. The first kappa shape index (κ1) is 21.3. The fraction of sp³-hybridized carbons (Fsp3) is 0.667. The molecule has 1 saturated heterocycles. The van der Waals surface area contributed by atoms with Crippen molar-refractivity contribution in [2.45, 2.75) is 38.9 Å². The van der Waals surface area contributed by atoms with Crippen molar-refractivity contribution in [1.29, 1.82) is 0 Å². The number of carbonyl (C=O) groups excluding carboxylic acids is 1. The minimum absolute atomic E-state index is 0.128. The van der Waals surface area contributed by atoms with Gasteiger partial charge in [-0.1, -0.05) is 0 Å². The van der Waals surface area contributed by atoms with E-state index in [9.17, 15) is 13.2 Å². The van der Waals surface area contributed by atoms with Crippen molar-refractivity contribution < 1.29 is 17.6 Å². The molecule has 152 valence electrons. The van der Waals surface area contributed by atoms with E-state index in [1.54, 1.807) is 19.9 Å². The van der Waals surface area contributed by atoms with E-state index < -0.39 is 14.6 Å². The summed E-state index contributed by atoms with van der Waals surface area (Å²) >= 11 is 0. The summed E-state index contributed by atoms with van der Waals surface area (Å²) in [6, 6.07) is 1.75. The van der Waals surface area contributed by atoms with E-state index in [0.29, 0.717) is 50.9 Å². The molecule has 0 atom stereocenters. The predicted octanol–water partition coefficient (Wildman–Crippen LogP) is 1.18. The average Bonchev–Trinajstić information content (AvgIpc) is 3.02. The summed E-state index contributed by atoms with van der Waals surface area (Å²) in [6.45, 7) is 9.89. The summed E-state index contributed by atoms with van der Waals surface area (Å²) in [6.07, 6.45) is 2.17. The predicted molar refractivity (Wildman–Crippen MR) is 106 cm³/mol. The molecule has 1 aromatic rings. The van der Waals surface area contributed by atoms with Gasteiger partial charge >= 0.3 is 0 Å². The Bertz CT molecular complexity index is 783. The molecule has 0 saturated carbocycles. The van der Waals surface area contributed by atoms with Gasteiger partial charge in [0.25, 0.3) is 5.91 Å². The molecule has 1 fully saturated rings. The molecule has 27 heavy (non-hydrogen) atoms. The van der Waals surface area contributed by atoms with Crippen molar-refractivity contribution in [2.24, 2.45) is 4.99 Å². The average molecular weight is 399 g/mol. The summed E-state index contributed by atoms with van der Waals surface area (Å²) in [5.41, 5.74) is 0.808. The maximum Gasteiger partial charge on any atom is 0.287 e. The largest absolute Gasteiger partial charge is 0.459 e. The molecule has 2 N–H and O–H groups in total. The normalized spacial score (nSPS) is 19.0. The minimum Gasteiger partial charge on any atom is -0.459 e. The number of furan rings is 1. The Hall–Kier alpha value is -2.03. The van der Waals surface area contributed by atoms with Crippen molar-refractivity contribution in [3.05, 3.63) is 23.7 Å². The Morgan fingerprint density at radius 3 is 2.70 bits per heavy atom. The summed E-state index contributed by atoms with van der Waals surface area (Å²) in [7, 11) is -3.09. The van der Waals surface area contributed by atoms with Gasteiger partial charge in [0, 0.05) is 38.3 Å². The Balaban J connectivity index is 1.87. The molecule has 0 radical (unpaired) electrons.